The van der Waals surface area contributed by atoms with Gasteiger partial charge in [-0.15, -0.1) is 0 Å². The topological polar surface area (TPSA) is 92.1 Å². The van der Waals surface area contributed by atoms with E-state index in [-0.39, 0.29) is 11.6 Å². The van der Waals surface area contributed by atoms with Crippen molar-refractivity contribution in [1.82, 2.24) is 14.5 Å². The molecular weight excluding hydrogens is 288 g/mol. The summed E-state index contributed by atoms with van der Waals surface area (Å²) in [6, 6.07) is 0. The number of nitrogens with two attached hydrogens (primary N) is 1. The van der Waals surface area contributed by atoms with E-state index in [1.54, 1.807) is 4.31 Å². The Bertz CT molecular complexity index is 580. The second-order valence-corrected chi connectivity index (χ2v) is 8.27. The highest BCUT2D eigenvalue weighted by molar-refractivity contribution is 7.89. The zero-order valence-electron chi connectivity index (χ0n) is 12.3. The minimum absolute atomic E-state index is 0.171. The van der Waals surface area contributed by atoms with E-state index >= 15 is 0 Å². The van der Waals surface area contributed by atoms with Crippen LogP contribution in [-0.2, 0) is 16.6 Å². The molecule has 118 valence electrons. The Morgan fingerprint density at radius 1 is 1.19 bits per heavy atom. The normalized spacial score (nSPS) is 23.5. The summed E-state index contributed by atoms with van der Waals surface area (Å²) in [6.45, 7) is 1.42. The van der Waals surface area contributed by atoms with Crippen LogP contribution in [0.1, 0.15) is 50.5 Å². The molecule has 21 heavy (non-hydrogen) atoms. The first-order chi connectivity index (χ1) is 10.1. The lowest BCUT2D eigenvalue weighted by atomic mass is 9.68. The molecule has 0 bridgehead atoms. The number of hydrogen-bond acceptors (Lipinski definition) is 4. The molecule has 0 aromatic carbocycles. The van der Waals surface area contributed by atoms with Gasteiger partial charge in [0.1, 0.15) is 0 Å². The van der Waals surface area contributed by atoms with Gasteiger partial charge < -0.3 is 5.73 Å². The third kappa shape index (κ3) is 2.74. The third-order valence-electron chi connectivity index (χ3n) is 5.19. The Hall–Kier alpha value is -0.920. The number of hydrogen-bond donors (Lipinski definition) is 2. The number of rotatable bonds is 3. The van der Waals surface area contributed by atoms with Crippen LogP contribution < -0.4 is 5.73 Å². The van der Waals surface area contributed by atoms with Gasteiger partial charge >= 0.3 is 0 Å². The van der Waals surface area contributed by atoms with Crippen LogP contribution in [0.3, 0.4) is 0 Å². The number of nitrogens with zero attached hydrogens (tertiary/aromatic N) is 2. The molecule has 1 saturated heterocycles. The van der Waals surface area contributed by atoms with E-state index in [2.05, 4.69) is 10.2 Å². The van der Waals surface area contributed by atoms with Crippen molar-refractivity contribution in [2.75, 3.05) is 13.1 Å². The zero-order valence-corrected chi connectivity index (χ0v) is 13.2. The van der Waals surface area contributed by atoms with Gasteiger partial charge in [0.2, 0.25) is 0 Å². The van der Waals surface area contributed by atoms with Gasteiger partial charge in [0.05, 0.1) is 6.20 Å². The molecule has 7 heteroatoms. The largest absolute Gasteiger partial charge is 0.326 e. The number of piperidine rings is 1. The van der Waals surface area contributed by atoms with Crippen LogP contribution in [0.2, 0.25) is 0 Å². The third-order valence-corrected chi connectivity index (χ3v) is 7.11. The van der Waals surface area contributed by atoms with Crippen molar-refractivity contribution in [2.45, 2.75) is 56.5 Å². The van der Waals surface area contributed by atoms with Crippen LogP contribution in [0.15, 0.2) is 11.2 Å². The standard InChI is InChI=1S/C14H24N4O2S/c15-10-12-11-16-17-13(12)21(19,20)18-8-6-14(7-9-18)4-2-1-3-5-14/h11H,1-10,15H2,(H,16,17). The lowest BCUT2D eigenvalue weighted by Gasteiger charge is -2.43. The van der Waals surface area contributed by atoms with Crippen molar-refractivity contribution in [1.29, 1.82) is 0 Å². The molecule has 3 N–H and O–H groups in total. The average Bonchev–Trinajstić information content (AvgIpc) is 2.98. The van der Waals surface area contributed by atoms with Crippen molar-refractivity contribution in [2.24, 2.45) is 11.1 Å². The Morgan fingerprint density at radius 3 is 2.48 bits per heavy atom. The van der Waals surface area contributed by atoms with Gasteiger partial charge in [-0.05, 0) is 31.1 Å². The van der Waals surface area contributed by atoms with E-state index in [1.165, 1.54) is 38.3 Å². The van der Waals surface area contributed by atoms with Crippen molar-refractivity contribution in [3.05, 3.63) is 11.8 Å². The van der Waals surface area contributed by atoms with Gasteiger partial charge in [-0.25, -0.2) is 8.42 Å². The maximum Gasteiger partial charge on any atom is 0.260 e. The molecule has 1 saturated carbocycles. The molecule has 0 amide bonds. The maximum absolute atomic E-state index is 12.7. The van der Waals surface area contributed by atoms with E-state index in [9.17, 15) is 8.42 Å². The van der Waals surface area contributed by atoms with Crippen LogP contribution in [0.25, 0.3) is 0 Å². The first-order valence-corrected chi connectivity index (χ1v) is 9.24. The van der Waals surface area contributed by atoms with E-state index in [1.807, 2.05) is 0 Å². The summed E-state index contributed by atoms with van der Waals surface area (Å²) < 4.78 is 27.0. The number of aromatic amines is 1. The summed E-state index contributed by atoms with van der Waals surface area (Å²) in [7, 11) is -3.48. The monoisotopic (exact) mass is 312 g/mol. The van der Waals surface area contributed by atoms with Crippen molar-refractivity contribution in [3.8, 4) is 0 Å². The Labute approximate surface area is 126 Å². The highest BCUT2D eigenvalue weighted by Crippen LogP contribution is 2.45. The summed E-state index contributed by atoms with van der Waals surface area (Å²) in [6.07, 6.45) is 9.92. The average molecular weight is 312 g/mol. The molecule has 1 aliphatic heterocycles. The summed E-state index contributed by atoms with van der Waals surface area (Å²) in [5.41, 5.74) is 6.55. The van der Waals surface area contributed by atoms with Crippen molar-refractivity contribution >= 4 is 10.0 Å². The zero-order chi connectivity index (χ0) is 14.9. The summed E-state index contributed by atoms with van der Waals surface area (Å²) in [4.78, 5) is 0. The summed E-state index contributed by atoms with van der Waals surface area (Å²) >= 11 is 0. The molecular formula is C14H24N4O2S. The molecule has 3 rings (SSSR count). The van der Waals surface area contributed by atoms with Crippen molar-refractivity contribution in [3.63, 3.8) is 0 Å². The molecule has 1 spiro atoms. The predicted octanol–water partition coefficient (Wildman–Crippen LogP) is 1.60. The highest BCUT2D eigenvalue weighted by Gasteiger charge is 2.39. The number of H-pyrrole nitrogens is 1. The molecule has 2 fully saturated rings. The van der Waals surface area contributed by atoms with Crippen LogP contribution in [0.5, 0.6) is 0 Å². The second kappa shape index (κ2) is 5.70. The smallest absolute Gasteiger partial charge is 0.260 e. The van der Waals surface area contributed by atoms with Gasteiger partial charge in [0.25, 0.3) is 10.0 Å². The summed E-state index contributed by atoms with van der Waals surface area (Å²) in [5, 5.41) is 6.60. The fraction of sp³-hybridized carbons (Fsp3) is 0.786. The molecule has 1 aromatic rings. The predicted molar refractivity (Wildman–Crippen MR) is 80.0 cm³/mol. The number of sulfonamides is 1. The molecule has 0 unspecified atom stereocenters. The van der Waals surface area contributed by atoms with Crippen LogP contribution in [0.4, 0.5) is 0 Å². The molecule has 6 nitrogen and oxygen atoms in total. The maximum atomic E-state index is 12.7. The Balaban J connectivity index is 1.74. The Morgan fingerprint density at radius 2 is 1.86 bits per heavy atom. The van der Waals surface area contributed by atoms with Gasteiger partial charge in [-0.3, -0.25) is 5.10 Å². The van der Waals surface area contributed by atoms with Crippen LogP contribution in [0, 0.1) is 5.41 Å². The lowest BCUT2D eigenvalue weighted by molar-refractivity contribution is 0.102. The van der Waals surface area contributed by atoms with Crippen molar-refractivity contribution < 1.29 is 8.42 Å². The first kappa shape index (κ1) is 15.0. The molecule has 1 aromatic heterocycles. The lowest BCUT2D eigenvalue weighted by Crippen LogP contribution is -2.44. The van der Waals surface area contributed by atoms with E-state index in [0.29, 0.717) is 24.1 Å². The number of nitrogens with one attached hydrogen (secondary N) is 1. The molecule has 0 atom stereocenters. The fourth-order valence-corrected chi connectivity index (χ4v) is 5.36. The fourth-order valence-electron chi connectivity index (χ4n) is 3.80. The quantitative estimate of drug-likeness (QED) is 0.887. The van der Waals surface area contributed by atoms with Gasteiger partial charge in [-0.1, -0.05) is 19.3 Å². The molecule has 2 aliphatic rings. The molecule has 2 heterocycles. The molecule has 0 radical (unpaired) electrons. The second-order valence-electron chi connectivity index (χ2n) is 6.39. The van der Waals surface area contributed by atoms with Gasteiger partial charge in [0, 0.05) is 25.2 Å². The minimum Gasteiger partial charge on any atom is -0.326 e. The van der Waals surface area contributed by atoms with E-state index < -0.39 is 10.0 Å². The minimum atomic E-state index is -3.48. The summed E-state index contributed by atoms with van der Waals surface area (Å²) in [5.74, 6) is 0. The van der Waals surface area contributed by atoms with Crippen LogP contribution in [-0.4, -0.2) is 36.0 Å². The SMILES string of the molecule is NCc1cn[nH]c1S(=O)(=O)N1CCC2(CCCCC2)CC1. The highest BCUT2D eigenvalue weighted by atomic mass is 32.2. The number of aromatic nitrogens is 2. The molecule has 1 aliphatic carbocycles. The van der Waals surface area contributed by atoms with Crippen LogP contribution >= 0.6 is 0 Å². The van der Waals surface area contributed by atoms with E-state index in [4.69, 9.17) is 5.73 Å². The van der Waals surface area contributed by atoms with Gasteiger partial charge in [-0.2, -0.15) is 9.40 Å². The van der Waals surface area contributed by atoms with Gasteiger partial charge in [0.15, 0.2) is 5.03 Å². The Kier molecular flexibility index (Phi) is 4.07. The first-order valence-electron chi connectivity index (χ1n) is 7.80. The van der Waals surface area contributed by atoms with E-state index in [0.717, 1.165) is 12.8 Å².